The van der Waals surface area contributed by atoms with Gasteiger partial charge in [-0.25, -0.2) is 0 Å². The van der Waals surface area contributed by atoms with Crippen LogP contribution in [0.1, 0.15) is 134 Å². The molecule has 3 unspecified atom stereocenters. The number of hydroxylamine groups is 4. The van der Waals surface area contributed by atoms with Crippen LogP contribution < -0.4 is 5.32 Å². The van der Waals surface area contributed by atoms with Crippen molar-refractivity contribution in [2.45, 2.75) is 173 Å². The predicted octanol–water partition coefficient (Wildman–Crippen LogP) is 5.57. The summed E-state index contributed by atoms with van der Waals surface area (Å²) in [5.74, 6) is -1.57. The molecule has 282 valence electrons. The molecule has 12 heteroatoms. The maximum absolute atomic E-state index is 13.3. The normalized spacial score (nSPS) is 29.3. The van der Waals surface area contributed by atoms with Gasteiger partial charge >= 0.3 is 17.9 Å². The van der Waals surface area contributed by atoms with Crippen molar-refractivity contribution < 1.29 is 43.7 Å². The van der Waals surface area contributed by atoms with E-state index in [1.165, 1.54) is 7.11 Å². The number of esters is 3. The van der Waals surface area contributed by atoms with Gasteiger partial charge in [0.15, 0.2) is 0 Å². The van der Waals surface area contributed by atoms with Crippen molar-refractivity contribution in [3.63, 3.8) is 0 Å². The van der Waals surface area contributed by atoms with E-state index in [-0.39, 0.29) is 80.8 Å². The van der Waals surface area contributed by atoms with Gasteiger partial charge in [-0.3, -0.25) is 14.4 Å². The van der Waals surface area contributed by atoms with Crippen molar-refractivity contribution in [1.29, 1.82) is 0 Å². The molecule has 3 saturated heterocycles. The average Bonchev–Trinajstić information content (AvgIpc) is 3.37. The second kappa shape index (κ2) is 14.7. The van der Waals surface area contributed by atoms with Crippen molar-refractivity contribution in [2.75, 3.05) is 26.9 Å². The monoisotopic (exact) mass is 695 g/mol. The molecule has 0 bridgehead atoms. The smallest absolute Gasteiger partial charge is 0.308 e. The van der Waals surface area contributed by atoms with Crippen molar-refractivity contribution in [3.05, 3.63) is 0 Å². The van der Waals surface area contributed by atoms with E-state index in [9.17, 15) is 24.8 Å². The molecule has 3 rings (SSSR count). The number of carbonyl (C=O) groups excluding carboxylic acids is 3. The molecular formula is C37H65N3O9. The van der Waals surface area contributed by atoms with Gasteiger partial charge in [0.2, 0.25) is 0 Å². The average molecular weight is 696 g/mol. The first-order chi connectivity index (χ1) is 22.2. The minimum absolute atomic E-state index is 0.0494. The first kappa shape index (κ1) is 41.6. The molecule has 0 amide bonds. The third kappa shape index (κ3) is 9.74. The summed E-state index contributed by atoms with van der Waals surface area (Å²) in [6.45, 7) is 23.9. The summed E-state index contributed by atoms with van der Waals surface area (Å²) in [6, 6.07) is 0. The van der Waals surface area contributed by atoms with Crippen LogP contribution in [0.5, 0.6) is 0 Å². The first-order valence-corrected chi connectivity index (χ1v) is 18.0. The molecule has 0 aromatic rings. The van der Waals surface area contributed by atoms with E-state index in [1.807, 2.05) is 55.4 Å². The Morgan fingerprint density at radius 2 is 1.02 bits per heavy atom. The molecule has 0 aromatic carbocycles. The number of methoxy groups -OCH3 is 1. The Kier molecular flexibility index (Phi) is 12.4. The number of nitrogens with zero attached hydrogens (tertiary/aromatic N) is 2. The molecule has 0 saturated carbocycles. The van der Waals surface area contributed by atoms with Crippen LogP contribution >= 0.6 is 0 Å². The van der Waals surface area contributed by atoms with E-state index in [1.54, 1.807) is 0 Å². The quantitative estimate of drug-likeness (QED) is 0.170. The number of hydrogen-bond acceptors (Lipinski definition) is 10. The summed E-state index contributed by atoms with van der Waals surface area (Å²) in [6.07, 6.45) is 2.03. The van der Waals surface area contributed by atoms with Crippen molar-refractivity contribution in [2.24, 2.45) is 17.8 Å². The van der Waals surface area contributed by atoms with Crippen LogP contribution in [0.2, 0.25) is 0 Å². The fourth-order valence-electron chi connectivity index (χ4n) is 8.73. The Labute approximate surface area is 294 Å². The Morgan fingerprint density at radius 1 is 0.633 bits per heavy atom. The highest BCUT2D eigenvalue weighted by atomic mass is 16.6. The lowest BCUT2D eigenvalue weighted by molar-refractivity contribution is -0.249. The predicted molar refractivity (Wildman–Crippen MR) is 183 cm³/mol. The van der Waals surface area contributed by atoms with E-state index in [0.717, 1.165) is 16.5 Å². The highest BCUT2D eigenvalue weighted by Gasteiger charge is 2.54. The largest absolute Gasteiger partial charge is 0.465 e. The van der Waals surface area contributed by atoms with E-state index >= 15 is 0 Å². The summed E-state index contributed by atoms with van der Waals surface area (Å²) in [5.41, 5.74) is -3.96. The van der Waals surface area contributed by atoms with Gasteiger partial charge in [0.1, 0.15) is 0 Å². The lowest BCUT2D eigenvalue weighted by atomic mass is 9.87. The van der Waals surface area contributed by atoms with Crippen molar-refractivity contribution in [1.82, 2.24) is 15.4 Å². The number of nitrogens with one attached hydrogen (secondary N) is 1. The zero-order valence-corrected chi connectivity index (χ0v) is 32.6. The highest BCUT2D eigenvalue weighted by Crippen LogP contribution is 2.45. The van der Waals surface area contributed by atoms with Crippen molar-refractivity contribution in [3.8, 4) is 0 Å². The number of carbonyl (C=O) groups is 3. The third-order valence-corrected chi connectivity index (χ3v) is 11.9. The maximum Gasteiger partial charge on any atom is 0.308 e. The molecule has 1 N–H and O–H groups in total. The van der Waals surface area contributed by atoms with Crippen LogP contribution in [0.4, 0.5) is 0 Å². The van der Waals surface area contributed by atoms with Crippen LogP contribution in [-0.4, -0.2) is 93.8 Å². The molecule has 0 aliphatic carbocycles. The molecule has 0 spiro atoms. The van der Waals surface area contributed by atoms with Crippen LogP contribution in [0, 0.1) is 17.8 Å². The molecule has 0 aromatic heterocycles. The summed E-state index contributed by atoms with van der Waals surface area (Å²) in [5, 5.41) is 31.4. The second-order valence-electron chi connectivity index (χ2n) is 18.6. The van der Waals surface area contributed by atoms with Gasteiger partial charge in [0.05, 0.1) is 42.9 Å². The van der Waals surface area contributed by atoms with E-state index in [4.69, 9.17) is 18.9 Å². The Balaban J connectivity index is 1.65. The molecule has 3 atom stereocenters. The Morgan fingerprint density at radius 3 is 1.35 bits per heavy atom. The summed E-state index contributed by atoms with van der Waals surface area (Å²) < 4.78 is 23.1. The van der Waals surface area contributed by atoms with E-state index < -0.39 is 45.7 Å². The molecule has 3 fully saturated rings. The minimum Gasteiger partial charge on any atom is -0.465 e. The maximum atomic E-state index is 13.3. The zero-order valence-electron chi connectivity index (χ0n) is 32.6. The van der Waals surface area contributed by atoms with Gasteiger partial charge in [-0.05, 0) is 115 Å². The van der Waals surface area contributed by atoms with Gasteiger partial charge in [0, 0.05) is 59.9 Å². The van der Waals surface area contributed by atoms with Gasteiger partial charge in [-0.1, -0.05) is 0 Å². The highest BCUT2D eigenvalue weighted by molar-refractivity contribution is 5.73. The SMILES string of the molecule is COC(CCC(=O)OCC1CC(C)(C)N([O])C1(C)C)(CCC(=O)OCC1CC(C)(C)N([O])C1(C)C)CC(=O)OCC1CC(C)(C)NC1(C)C. The molecule has 2 radical (unpaired) electrons. The fourth-order valence-corrected chi connectivity index (χ4v) is 8.73. The molecule has 3 aliphatic heterocycles. The van der Waals surface area contributed by atoms with E-state index in [2.05, 4.69) is 33.0 Å². The van der Waals surface area contributed by atoms with Crippen LogP contribution in [-0.2, 0) is 43.7 Å². The Bertz CT molecular complexity index is 1140. The fraction of sp³-hybridized carbons (Fsp3) is 0.919. The molecule has 3 aliphatic rings. The summed E-state index contributed by atoms with van der Waals surface area (Å²) >= 11 is 0. The summed E-state index contributed by atoms with van der Waals surface area (Å²) in [7, 11) is 1.47. The lowest BCUT2D eigenvalue weighted by Gasteiger charge is -2.34. The standard InChI is InChI=1S/C37H65N3O9/c1-31(2)18-25(34(7,8)38-31)22-49-30(43)21-37(46-13,16-14-28(41)47-23-26-19-32(3,4)39(44)35(26,9)10)17-15-29(42)48-24-27-20-33(5,6)40(45)36(27,11)12/h25-27,38H,14-24H2,1-13H3. The summed E-state index contributed by atoms with van der Waals surface area (Å²) in [4.78, 5) is 39.4. The molecule has 12 nitrogen and oxygen atoms in total. The molecular weight excluding hydrogens is 630 g/mol. The number of ether oxygens (including phenoxy) is 4. The minimum atomic E-state index is -1.18. The molecule has 49 heavy (non-hydrogen) atoms. The topological polar surface area (TPSA) is 146 Å². The van der Waals surface area contributed by atoms with Crippen LogP contribution in [0.25, 0.3) is 0 Å². The molecule has 3 heterocycles. The third-order valence-electron chi connectivity index (χ3n) is 11.9. The van der Waals surface area contributed by atoms with Gasteiger partial charge in [-0.15, -0.1) is 20.5 Å². The van der Waals surface area contributed by atoms with Crippen LogP contribution in [0.15, 0.2) is 0 Å². The Hall–Kier alpha value is -1.83. The first-order valence-electron chi connectivity index (χ1n) is 18.0. The van der Waals surface area contributed by atoms with Gasteiger partial charge < -0.3 is 24.3 Å². The number of hydrogen-bond donors (Lipinski definition) is 1. The van der Waals surface area contributed by atoms with Crippen LogP contribution in [0.3, 0.4) is 0 Å². The second-order valence-corrected chi connectivity index (χ2v) is 18.6. The number of rotatable bonds is 15. The van der Waals surface area contributed by atoms with Gasteiger partial charge in [-0.2, -0.15) is 0 Å². The van der Waals surface area contributed by atoms with E-state index in [0.29, 0.717) is 12.8 Å². The van der Waals surface area contributed by atoms with Gasteiger partial charge in [0.25, 0.3) is 0 Å². The lowest BCUT2D eigenvalue weighted by Crippen LogP contribution is -2.47. The van der Waals surface area contributed by atoms with Crippen molar-refractivity contribution >= 4 is 17.9 Å². The zero-order chi connectivity index (χ0) is 37.4.